The SMILES string of the molecule is COc1ccccc1Oc1c(CN(Cc2ccc(F)cc2)C(=O)c2ccccc2Cl)c(C)nn1-c1ccccc1. The monoisotopic (exact) mass is 555 g/mol. The third-order valence-corrected chi connectivity index (χ3v) is 6.77. The molecule has 6 nitrogen and oxygen atoms in total. The minimum atomic E-state index is -0.347. The van der Waals surface area contributed by atoms with Crippen LogP contribution in [0.25, 0.3) is 5.69 Å². The van der Waals surface area contributed by atoms with Crippen LogP contribution in [-0.4, -0.2) is 27.7 Å². The first-order chi connectivity index (χ1) is 19.4. The van der Waals surface area contributed by atoms with Gasteiger partial charge in [-0.25, -0.2) is 9.07 Å². The van der Waals surface area contributed by atoms with E-state index in [-0.39, 0.29) is 24.8 Å². The van der Waals surface area contributed by atoms with Crippen LogP contribution in [0.5, 0.6) is 17.4 Å². The van der Waals surface area contributed by atoms with Gasteiger partial charge in [0.05, 0.1) is 41.2 Å². The average molecular weight is 556 g/mol. The number of rotatable bonds is 9. The molecular formula is C32H27ClFN3O3. The van der Waals surface area contributed by atoms with Gasteiger partial charge in [0.1, 0.15) is 5.82 Å². The summed E-state index contributed by atoms with van der Waals surface area (Å²) in [6, 6.07) is 29.9. The number of amides is 1. The Kier molecular flexibility index (Phi) is 8.12. The van der Waals surface area contributed by atoms with Crippen molar-refractivity contribution in [3.05, 3.63) is 136 Å². The molecule has 0 fully saturated rings. The van der Waals surface area contributed by atoms with E-state index in [0.717, 1.165) is 11.3 Å². The van der Waals surface area contributed by atoms with Crippen LogP contribution < -0.4 is 9.47 Å². The molecule has 0 saturated carbocycles. The molecule has 1 aromatic heterocycles. The maximum Gasteiger partial charge on any atom is 0.255 e. The number of hydrogen-bond donors (Lipinski definition) is 0. The van der Waals surface area contributed by atoms with Gasteiger partial charge in [0.25, 0.3) is 5.91 Å². The fraction of sp³-hybridized carbons (Fsp3) is 0.125. The van der Waals surface area contributed by atoms with Crippen LogP contribution >= 0.6 is 11.6 Å². The smallest absolute Gasteiger partial charge is 0.255 e. The zero-order valence-electron chi connectivity index (χ0n) is 22.1. The van der Waals surface area contributed by atoms with E-state index in [1.54, 1.807) is 53.1 Å². The number of para-hydroxylation sites is 3. The molecule has 1 amide bonds. The Labute approximate surface area is 237 Å². The number of nitrogens with zero attached hydrogens (tertiary/aromatic N) is 3. The Morgan fingerprint density at radius 1 is 0.875 bits per heavy atom. The molecule has 0 aliphatic rings. The molecule has 0 saturated heterocycles. The van der Waals surface area contributed by atoms with Crippen molar-refractivity contribution in [2.45, 2.75) is 20.0 Å². The van der Waals surface area contributed by atoms with Gasteiger partial charge in [-0.15, -0.1) is 0 Å². The van der Waals surface area contributed by atoms with Crippen molar-refractivity contribution < 1.29 is 18.7 Å². The van der Waals surface area contributed by atoms with Crippen molar-refractivity contribution in [1.29, 1.82) is 0 Å². The Morgan fingerprint density at radius 2 is 1.52 bits per heavy atom. The van der Waals surface area contributed by atoms with Crippen molar-refractivity contribution >= 4 is 17.5 Å². The van der Waals surface area contributed by atoms with E-state index in [1.807, 2.05) is 61.5 Å². The third kappa shape index (κ3) is 5.84. The maximum atomic E-state index is 13.9. The number of carbonyl (C=O) groups is 1. The molecule has 5 aromatic rings. The van der Waals surface area contributed by atoms with Crippen molar-refractivity contribution in [3.63, 3.8) is 0 Å². The van der Waals surface area contributed by atoms with Crippen LogP contribution in [0.15, 0.2) is 103 Å². The normalized spacial score (nSPS) is 10.8. The highest BCUT2D eigenvalue weighted by Crippen LogP contribution is 2.36. The van der Waals surface area contributed by atoms with E-state index < -0.39 is 0 Å². The highest BCUT2D eigenvalue weighted by molar-refractivity contribution is 6.33. The summed E-state index contributed by atoms with van der Waals surface area (Å²) in [4.78, 5) is 15.5. The van der Waals surface area contributed by atoms with Gasteiger partial charge in [-0.05, 0) is 61.0 Å². The lowest BCUT2D eigenvalue weighted by atomic mass is 10.1. The van der Waals surface area contributed by atoms with Crippen molar-refractivity contribution in [1.82, 2.24) is 14.7 Å². The van der Waals surface area contributed by atoms with Gasteiger partial charge >= 0.3 is 0 Å². The second-order valence-corrected chi connectivity index (χ2v) is 9.54. The van der Waals surface area contributed by atoms with E-state index in [1.165, 1.54) is 12.1 Å². The van der Waals surface area contributed by atoms with Crippen LogP contribution in [0.1, 0.15) is 27.2 Å². The molecule has 1 heterocycles. The summed E-state index contributed by atoms with van der Waals surface area (Å²) in [6.45, 7) is 2.25. The van der Waals surface area contributed by atoms with Crippen LogP contribution in [0.2, 0.25) is 5.02 Å². The van der Waals surface area contributed by atoms with E-state index in [0.29, 0.717) is 39.2 Å². The zero-order chi connectivity index (χ0) is 28.1. The topological polar surface area (TPSA) is 56.6 Å². The molecule has 4 aromatic carbocycles. The summed E-state index contributed by atoms with van der Waals surface area (Å²) in [5, 5.41) is 5.14. The molecular weight excluding hydrogens is 529 g/mol. The zero-order valence-corrected chi connectivity index (χ0v) is 22.8. The van der Waals surface area contributed by atoms with Gasteiger partial charge in [-0.2, -0.15) is 5.10 Å². The molecule has 0 aliphatic carbocycles. The van der Waals surface area contributed by atoms with Gasteiger partial charge in [0.15, 0.2) is 11.5 Å². The number of benzene rings is 4. The van der Waals surface area contributed by atoms with Crippen LogP contribution in [0.4, 0.5) is 4.39 Å². The minimum absolute atomic E-state index is 0.157. The number of hydrogen-bond acceptors (Lipinski definition) is 4. The van der Waals surface area contributed by atoms with Crippen molar-refractivity contribution in [2.24, 2.45) is 0 Å². The van der Waals surface area contributed by atoms with E-state index in [2.05, 4.69) is 0 Å². The number of ether oxygens (including phenoxy) is 2. The van der Waals surface area contributed by atoms with E-state index in [9.17, 15) is 9.18 Å². The number of halogens is 2. The Balaban J connectivity index is 1.61. The minimum Gasteiger partial charge on any atom is -0.493 e. The standard InChI is InChI=1S/C32H27ClFN3O3/c1-22-27(21-36(20-23-16-18-24(34)19-17-23)31(38)26-12-6-7-13-28(26)33)32(37(35-22)25-10-4-3-5-11-25)40-30-15-9-8-14-29(30)39-2/h3-19H,20-21H2,1-2H3. The predicted octanol–water partition coefficient (Wildman–Crippen LogP) is 7.62. The number of methoxy groups -OCH3 is 1. The average Bonchev–Trinajstić information content (AvgIpc) is 3.28. The Hall–Kier alpha value is -4.62. The van der Waals surface area contributed by atoms with Gasteiger partial charge < -0.3 is 14.4 Å². The first-order valence-corrected chi connectivity index (χ1v) is 13.1. The van der Waals surface area contributed by atoms with E-state index in [4.69, 9.17) is 26.2 Å². The highest BCUT2D eigenvalue weighted by atomic mass is 35.5. The molecule has 0 bridgehead atoms. The summed E-state index contributed by atoms with van der Waals surface area (Å²) >= 11 is 6.43. The largest absolute Gasteiger partial charge is 0.493 e. The summed E-state index contributed by atoms with van der Waals surface area (Å²) in [6.07, 6.45) is 0. The quantitative estimate of drug-likeness (QED) is 0.188. The summed E-state index contributed by atoms with van der Waals surface area (Å²) in [5.41, 5.74) is 3.32. The Morgan fingerprint density at radius 3 is 2.23 bits per heavy atom. The van der Waals surface area contributed by atoms with Crippen molar-refractivity contribution in [2.75, 3.05) is 7.11 Å². The molecule has 5 rings (SSSR count). The van der Waals surface area contributed by atoms with Crippen LogP contribution in [-0.2, 0) is 13.1 Å². The second-order valence-electron chi connectivity index (χ2n) is 9.14. The Bertz CT molecular complexity index is 1620. The third-order valence-electron chi connectivity index (χ3n) is 6.44. The summed E-state index contributed by atoms with van der Waals surface area (Å²) in [7, 11) is 1.58. The van der Waals surface area contributed by atoms with Gasteiger partial charge in [-0.1, -0.05) is 66.2 Å². The highest BCUT2D eigenvalue weighted by Gasteiger charge is 2.26. The molecule has 40 heavy (non-hydrogen) atoms. The van der Waals surface area contributed by atoms with Crippen LogP contribution in [0, 0.1) is 12.7 Å². The first kappa shape index (κ1) is 27.0. The molecule has 0 unspecified atom stereocenters. The van der Waals surface area contributed by atoms with E-state index >= 15 is 0 Å². The lowest BCUT2D eigenvalue weighted by molar-refractivity contribution is 0.0729. The number of aryl methyl sites for hydroxylation is 1. The molecule has 0 spiro atoms. The molecule has 0 N–H and O–H groups in total. The second kappa shape index (κ2) is 12.1. The fourth-order valence-electron chi connectivity index (χ4n) is 4.38. The van der Waals surface area contributed by atoms with Gasteiger partial charge in [0.2, 0.25) is 5.88 Å². The summed E-state index contributed by atoms with van der Waals surface area (Å²) in [5.74, 6) is 0.891. The first-order valence-electron chi connectivity index (χ1n) is 12.7. The molecule has 0 radical (unpaired) electrons. The molecule has 0 atom stereocenters. The number of carbonyl (C=O) groups excluding carboxylic acids is 1. The number of aromatic nitrogens is 2. The lowest BCUT2D eigenvalue weighted by Gasteiger charge is -2.24. The molecule has 202 valence electrons. The summed E-state index contributed by atoms with van der Waals surface area (Å²) < 4.78 is 27.4. The molecule has 8 heteroatoms. The van der Waals surface area contributed by atoms with Gasteiger partial charge in [-0.3, -0.25) is 4.79 Å². The molecule has 0 aliphatic heterocycles. The van der Waals surface area contributed by atoms with Crippen molar-refractivity contribution in [3.8, 4) is 23.1 Å². The fourth-order valence-corrected chi connectivity index (χ4v) is 4.60. The van der Waals surface area contributed by atoms with Gasteiger partial charge in [0, 0.05) is 6.54 Å². The maximum absolute atomic E-state index is 13.9. The van der Waals surface area contributed by atoms with Crippen LogP contribution in [0.3, 0.4) is 0 Å². The lowest BCUT2D eigenvalue weighted by Crippen LogP contribution is -2.30. The predicted molar refractivity (Wildman–Crippen MR) is 153 cm³/mol.